The van der Waals surface area contributed by atoms with E-state index in [9.17, 15) is 8.42 Å². The molecule has 0 aliphatic rings. The van der Waals surface area contributed by atoms with Crippen molar-refractivity contribution in [3.8, 4) is 0 Å². The van der Waals surface area contributed by atoms with Crippen LogP contribution in [0.25, 0.3) is 0 Å². The molecule has 0 radical (unpaired) electrons. The third-order valence-electron chi connectivity index (χ3n) is 1.30. The monoisotopic (exact) mass is 241 g/mol. The molecule has 0 aliphatic heterocycles. The first-order valence-electron chi connectivity index (χ1n) is 3.04. The highest BCUT2D eigenvalue weighted by molar-refractivity contribution is 7.86. The van der Waals surface area contributed by atoms with E-state index in [4.69, 9.17) is 33.5 Å². The number of anilines is 1. The fourth-order valence-electron chi connectivity index (χ4n) is 0.771. The van der Waals surface area contributed by atoms with Gasteiger partial charge in [-0.15, -0.1) is 0 Å². The Morgan fingerprint density at radius 2 is 1.85 bits per heavy atom. The van der Waals surface area contributed by atoms with Crippen LogP contribution in [0.3, 0.4) is 0 Å². The molecule has 0 aliphatic carbocycles. The summed E-state index contributed by atoms with van der Waals surface area (Å²) >= 11 is 11.1. The van der Waals surface area contributed by atoms with Crippen molar-refractivity contribution < 1.29 is 13.0 Å². The molecule has 1 aromatic rings. The van der Waals surface area contributed by atoms with Gasteiger partial charge in [0.25, 0.3) is 10.1 Å². The van der Waals surface area contributed by atoms with Crippen LogP contribution in [-0.2, 0) is 10.1 Å². The van der Waals surface area contributed by atoms with Gasteiger partial charge in [-0.3, -0.25) is 4.55 Å². The second kappa shape index (κ2) is 3.34. The highest BCUT2D eigenvalue weighted by Crippen LogP contribution is 2.31. The second-order valence-corrected chi connectivity index (χ2v) is 4.47. The van der Waals surface area contributed by atoms with Crippen LogP contribution in [-0.4, -0.2) is 13.0 Å². The van der Waals surface area contributed by atoms with E-state index >= 15 is 0 Å². The van der Waals surface area contributed by atoms with Crippen molar-refractivity contribution in [3.05, 3.63) is 22.2 Å². The van der Waals surface area contributed by atoms with E-state index in [1.165, 1.54) is 6.07 Å². The van der Waals surface area contributed by atoms with Crippen molar-refractivity contribution in [2.75, 3.05) is 5.73 Å². The van der Waals surface area contributed by atoms with Gasteiger partial charge in [0, 0.05) is 5.69 Å². The predicted octanol–water partition coefficient (Wildman–Crippen LogP) is 1.82. The van der Waals surface area contributed by atoms with E-state index in [1.54, 1.807) is 0 Å². The van der Waals surface area contributed by atoms with Crippen LogP contribution < -0.4 is 5.73 Å². The first-order chi connectivity index (χ1) is 5.82. The summed E-state index contributed by atoms with van der Waals surface area (Å²) in [6, 6.07) is 2.32. The zero-order valence-corrected chi connectivity index (χ0v) is 8.49. The third-order valence-corrected chi connectivity index (χ3v) is 3.09. The van der Waals surface area contributed by atoms with Gasteiger partial charge in [0.1, 0.15) is 4.90 Å². The molecule has 72 valence electrons. The fraction of sp³-hybridized carbons (Fsp3) is 0. The zero-order chi connectivity index (χ0) is 10.2. The number of nitrogens with two attached hydrogens (primary N) is 1. The second-order valence-electron chi connectivity index (χ2n) is 2.29. The molecule has 1 aromatic carbocycles. The molecule has 0 bridgehead atoms. The minimum absolute atomic E-state index is 0.0192. The molecule has 7 heteroatoms. The molecule has 13 heavy (non-hydrogen) atoms. The van der Waals surface area contributed by atoms with Crippen molar-refractivity contribution in [1.82, 2.24) is 0 Å². The van der Waals surface area contributed by atoms with Gasteiger partial charge in [0.15, 0.2) is 0 Å². The van der Waals surface area contributed by atoms with Gasteiger partial charge in [0.05, 0.1) is 10.0 Å². The lowest BCUT2D eigenvalue weighted by molar-refractivity contribution is 0.483. The summed E-state index contributed by atoms with van der Waals surface area (Å²) in [5.74, 6) is 0. The molecule has 0 unspecified atom stereocenters. The topological polar surface area (TPSA) is 80.4 Å². The molecule has 0 saturated carbocycles. The number of halogens is 2. The molecule has 0 amide bonds. The minimum atomic E-state index is -4.37. The van der Waals surface area contributed by atoms with Crippen LogP contribution in [0.4, 0.5) is 5.69 Å². The van der Waals surface area contributed by atoms with Gasteiger partial charge in [-0.2, -0.15) is 8.42 Å². The molecule has 4 nitrogen and oxygen atoms in total. The SMILES string of the molecule is Nc1cc(Cl)c(Cl)c(S(=O)(=O)O)c1. The van der Waals surface area contributed by atoms with Crippen molar-refractivity contribution >= 4 is 39.0 Å². The average Bonchev–Trinajstić information content (AvgIpc) is 1.94. The summed E-state index contributed by atoms with van der Waals surface area (Å²) < 4.78 is 30.1. The maximum absolute atomic E-state index is 10.7. The molecule has 0 spiro atoms. The maximum Gasteiger partial charge on any atom is 0.296 e. The highest BCUT2D eigenvalue weighted by atomic mass is 35.5. The lowest BCUT2D eigenvalue weighted by Crippen LogP contribution is -2.00. The summed E-state index contributed by atoms with van der Waals surface area (Å²) in [5, 5.41) is -0.257. The maximum atomic E-state index is 10.7. The zero-order valence-electron chi connectivity index (χ0n) is 6.16. The molecular weight excluding hydrogens is 237 g/mol. The van der Waals surface area contributed by atoms with E-state index in [-0.39, 0.29) is 15.7 Å². The summed E-state index contributed by atoms with van der Waals surface area (Å²) in [5.41, 5.74) is 5.42. The van der Waals surface area contributed by atoms with Gasteiger partial charge >= 0.3 is 0 Å². The van der Waals surface area contributed by atoms with E-state index in [1.807, 2.05) is 0 Å². The van der Waals surface area contributed by atoms with Gasteiger partial charge in [-0.05, 0) is 12.1 Å². The standard InChI is InChI=1S/C6H5Cl2NO3S/c7-4-1-3(9)2-5(6(4)8)13(10,11)12/h1-2H,9H2,(H,10,11,12). The molecule has 1 rings (SSSR count). The Labute approximate surface area is 85.0 Å². The predicted molar refractivity (Wildman–Crippen MR) is 50.7 cm³/mol. The first-order valence-corrected chi connectivity index (χ1v) is 5.24. The molecule has 0 aromatic heterocycles. The Bertz CT molecular complexity index is 443. The Hall–Kier alpha value is -0.490. The van der Waals surface area contributed by atoms with Crippen LogP contribution in [0.15, 0.2) is 17.0 Å². The quantitative estimate of drug-likeness (QED) is 0.581. The molecule has 0 fully saturated rings. The largest absolute Gasteiger partial charge is 0.399 e. The van der Waals surface area contributed by atoms with Crippen LogP contribution >= 0.6 is 23.2 Å². The van der Waals surface area contributed by atoms with Crippen molar-refractivity contribution in [2.24, 2.45) is 0 Å². The first kappa shape index (κ1) is 10.6. The van der Waals surface area contributed by atoms with Crippen molar-refractivity contribution in [1.29, 1.82) is 0 Å². The van der Waals surface area contributed by atoms with Gasteiger partial charge in [-0.25, -0.2) is 0 Å². The third kappa shape index (κ3) is 2.25. The molecule has 3 N–H and O–H groups in total. The molecule has 0 saturated heterocycles. The van der Waals surface area contributed by atoms with Gasteiger partial charge in [-0.1, -0.05) is 23.2 Å². The van der Waals surface area contributed by atoms with Gasteiger partial charge in [0.2, 0.25) is 0 Å². The van der Waals surface area contributed by atoms with E-state index in [2.05, 4.69) is 0 Å². The van der Waals surface area contributed by atoms with E-state index in [0.717, 1.165) is 6.07 Å². The van der Waals surface area contributed by atoms with Gasteiger partial charge < -0.3 is 5.73 Å². The minimum Gasteiger partial charge on any atom is -0.399 e. The summed E-state index contributed by atoms with van der Waals surface area (Å²) in [6.45, 7) is 0. The molecular formula is C6H5Cl2NO3S. The Kier molecular flexibility index (Phi) is 2.72. The number of benzene rings is 1. The van der Waals surface area contributed by atoms with Crippen LogP contribution in [0, 0.1) is 0 Å². The Balaban J connectivity index is 3.56. The lowest BCUT2D eigenvalue weighted by atomic mass is 10.3. The highest BCUT2D eigenvalue weighted by Gasteiger charge is 2.17. The molecule has 0 heterocycles. The fourth-order valence-corrected chi connectivity index (χ4v) is 2.08. The van der Waals surface area contributed by atoms with E-state index < -0.39 is 15.0 Å². The number of hydrogen-bond acceptors (Lipinski definition) is 3. The van der Waals surface area contributed by atoms with Crippen molar-refractivity contribution in [3.63, 3.8) is 0 Å². The molecule has 0 atom stereocenters. The van der Waals surface area contributed by atoms with Crippen LogP contribution in [0.1, 0.15) is 0 Å². The number of nitrogen functional groups attached to an aromatic ring is 1. The summed E-state index contributed by atoms with van der Waals surface area (Å²) in [6.07, 6.45) is 0. The normalized spacial score (nSPS) is 11.6. The summed E-state index contributed by atoms with van der Waals surface area (Å²) in [7, 11) is -4.37. The van der Waals surface area contributed by atoms with Crippen LogP contribution in [0.5, 0.6) is 0 Å². The lowest BCUT2D eigenvalue weighted by Gasteiger charge is -2.03. The Morgan fingerprint density at radius 3 is 2.31 bits per heavy atom. The Morgan fingerprint density at radius 1 is 1.31 bits per heavy atom. The smallest absolute Gasteiger partial charge is 0.296 e. The summed E-state index contributed by atoms with van der Waals surface area (Å²) in [4.78, 5) is -0.487. The average molecular weight is 242 g/mol. The number of hydrogen-bond donors (Lipinski definition) is 2. The number of rotatable bonds is 1. The van der Waals surface area contributed by atoms with Crippen molar-refractivity contribution in [2.45, 2.75) is 4.90 Å². The van der Waals surface area contributed by atoms with Crippen LogP contribution in [0.2, 0.25) is 10.0 Å². The van der Waals surface area contributed by atoms with E-state index in [0.29, 0.717) is 0 Å².